The van der Waals surface area contributed by atoms with Crippen molar-refractivity contribution < 1.29 is 24.1 Å². The van der Waals surface area contributed by atoms with Crippen molar-refractivity contribution in [1.29, 1.82) is 0 Å². The highest BCUT2D eigenvalue weighted by atomic mass is 16.5. The van der Waals surface area contributed by atoms with Crippen LogP contribution in [0.3, 0.4) is 0 Å². The number of aromatic hydroxyl groups is 1. The van der Waals surface area contributed by atoms with Crippen LogP contribution in [0.2, 0.25) is 0 Å². The van der Waals surface area contributed by atoms with Crippen LogP contribution >= 0.6 is 0 Å². The molecule has 0 bridgehead atoms. The third-order valence-electron chi connectivity index (χ3n) is 8.50. The molecule has 0 saturated carbocycles. The Morgan fingerprint density at radius 2 is 1.54 bits per heavy atom. The number of H-pyrrole nitrogens is 1. The van der Waals surface area contributed by atoms with Gasteiger partial charge in [-0.3, -0.25) is 9.59 Å². The lowest BCUT2D eigenvalue weighted by molar-refractivity contribution is 0.0951. The zero-order chi connectivity index (χ0) is 32.4. The number of aromatic nitrogens is 2. The SMILES string of the molecule is COc1ccc(C(c2[nH]c3ccccc3c2CCNC(=O)c2ccc(OC)cc2OC)c2c(O)c3ccccc3n(C)c2=O)cc1. The maximum absolute atomic E-state index is 14.1. The van der Waals surface area contributed by atoms with Crippen molar-refractivity contribution in [3.05, 3.63) is 129 Å². The molecule has 0 fully saturated rings. The molecule has 1 amide bonds. The molecule has 0 aliphatic rings. The quantitative estimate of drug-likeness (QED) is 0.176. The van der Waals surface area contributed by atoms with Crippen LogP contribution in [0.25, 0.3) is 21.8 Å². The number of hydrogen-bond donors (Lipinski definition) is 3. The Hall–Kier alpha value is -5.70. The molecule has 0 aliphatic heterocycles. The van der Waals surface area contributed by atoms with Crippen LogP contribution < -0.4 is 25.1 Å². The van der Waals surface area contributed by atoms with Gasteiger partial charge in [-0.15, -0.1) is 0 Å². The highest BCUT2D eigenvalue weighted by Gasteiger charge is 2.30. The van der Waals surface area contributed by atoms with Gasteiger partial charge in [0, 0.05) is 41.6 Å². The van der Waals surface area contributed by atoms with Gasteiger partial charge in [-0.25, -0.2) is 0 Å². The first-order chi connectivity index (χ1) is 22.4. The average molecular weight is 618 g/mol. The maximum Gasteiger partial charge on any atom is 0.258 e. The lowest BCUT2D eigenvalue weighted by Crippen LogP contribution is -2.27. The number of pyridine rings is 1. The van der Waals surface area contributed by atoms with Gasteiger partial charge >= 0.3 is 0 Å². The van der Waals surface area contributed by atoms with E-state index < -0.39 is 5.92 Å². The van der Waals surface area contributed by atoms with Crippen molar-refractivity contribution in [2.45, 2.75) is 12.3 Å². The second kappa shape index (κ2) is 12.7. The van der Waals surface area contributed by atoms with E-state index >= 15 is 0 Å². The van der Waals surface area contributed by atoms with Gasteiger partial charge in [0.05, 0.1) is 43.9 Å². The van der Waals surface area contributed by atoms with Crippen LogP contribution in [0.5, 0.6) is 23.0 Å². The Morgan fingerprint density at radius 3 is 2.26 bits per heavy atom. The topological polar surface area (TPSA) is 115 Å². The molecule has 3 N–H and O–H groups in total. The highest BCUT2D eigenvalue weighted by molar-refractivity contribution is 5.97. The number of amides is 1. The summed E-state index contributed by atoms with van der Waals surface area (Å²) in [5, 5.41) is 16.3. The van der Waals surface area contributed by atoms with Gasteiger partial charge in [-0.1, -0.05) is 42.5 Å². The minimum atomic E-state index is -0.658. The van der Waals surface area contributed by atoms with E-state index in [4.69, 9.17) is 14.2 Å². The molecule has 6 aromatic rings. The molecule has 9 nitrogen and oxygen atoms in total. The summed E-state index contributed by atoms with van der Waals surface area (Å²) in [7, 11) is 6.38. The molecule has 234 valence electrons. The first-order valence-electron chi connectivity index (χ1n) is 14.9. The largest absolute Gasteiger partial charge is 0.507 e. The number of fused-ring (bicyclic) bond motifs is 2. The summed E-state index contributed by atoms with van der Waals surface area (Å²) in [4.78, 5) is 30.9. The fourth-order valence-electron chi connectivity index (χ4n) is 6.16. The first-order valence-corrected chi connectivity index (χ1v) is 14.9. The molecular formula is C37H35N3O6. The Labute approximate surface area is 266 Å². The average Bonchev–Trinajstić information content (AvgIpc) is 3.46. The van der Waals surface area contributed by atoms with E-state index in [1.165, 1.54) is 7.11 Å². The summed E-state index contributed by atoms with van der Waals surface area (Å²) < 4.78 is 17.7. The number of para-hydroxylation sites is 2. The van der Waals surface area contributed by atoms with E-state index in [1.54, 1.807) is 44.0 Å². The van der Waals surface area contributed by atoms with Crippen molar-refractivity contribution in [3.8, 4) is 23.0 Å². The van der Waals surface area contributed by atoms with Gasteiger partial charge in [-0.05, 0) is 60.0 Å². The molecule has 2 aromatic heterocycles. The van der Waals surface area contributed by atoms with Crippen molar-refractivity contribution in [3.63, 3.8) is 0 Å². The number of aryl methyl sites for hydroxylation is 1. The van der Waals surface area contributed by atoms with Crippen LogP contribution in [0.15, 0.2) is 95.8 Å². The third kappa shape index (κ3) is 5.40. The summed E-state index contributed by atoms with van der Waals surface area (Å²) in [5.74, 6) is 0.662. The number of benzene rings is 4. The predicted molar refractivity (Wildman–Crippen MR) is 179 cm³/mol. The lowest BCUT2D eigenvalue weighted by atomic mass is 9.85. The highest BCUT2D eigenvalue weighted by Crippen LogP contribution is 2.41. The Morgan fingerprint density at radius 1 is 0.870 bits per heavy atom. The molecule has 0 radical (unpaired) electrons. The van der Waals surface area contributed by atoms with Gasteiger partial charge in [0.2, 0.25) is 0 Å². The summed E-state index contributed by atoms with van der Waals surface area (Å²) in [6.45, 7) is 0.305. The van der Waals surface area contributed by atoms with Crippen molar-refractivity contribution >= 4 is 27.7 Å². The number of nitrogens with one attached hydrogen (secondary N) is 2. The van der Waals surface area contributed by atoms with Gasteiger partial charge in [-0.2, -0.15) is 0 Å². The summed E-state index contributed by atoms with van der Waals surface area (Å²) in [6, 6.07) is 27.8. The number of rotatable bonds is 10. The van der Waals surface area contributed by atoms with E-state index in [-0.39, 0.29) is 22.8 Å². The van der Waals surface area contributed by atoms with Crippen LogP contribution in [0.1, 0.15) is 38.7 Å². The summed E-state index contributed by atoms with van der Waals surface area (Å²) in [6.07, 6.45) is 0.449. The zero-order valence-corrected chi connectivity index (χ0v) is 26.1. The minimum absolute atomic E-state index is 0.0657. The Balaban J connectivity index is 1.47. The molecule has 9 heteroatoms. The number of nitrogens with zero attached hydrogens (tertiary/aromatic N) is 1. The van der Waals surface area contributed by atoms with Crippen molar-refractivity contribution in [2.24, 2.45) is 7.05 Å². The number of carbonyl (C=O) groups excluding carboxylic acids is 1. The van der Waals surface area contributed by atoms with E-state index in [0.717, 1.165) is 27.7 Å². The van der Waals surface area contributed by atoms with Gasteiger partial charge < -0.3 is 34.2 Å². The lowest BCUT2D eigenvalue weighted by Gasteiger charge is -2.22. The maximum atomic E-state index is 14.1. The second-order valence-corrected chi connectivity index (χ2v) is 11.0. The molecule has 1 atom stereocenters. The molecule has 4 aromatic carbocycles. The van der Waals surface area contributed by atoms with Crippen LogP contribution in [-0.2, 0) is 13.5 Å². The molecule has 6 rings (SSSR count). The third-order valence-corrected chi connectivity index (χ3v) is 8.50. The smallest absolute Gasteiger partial charge is 0.258 e. The number of aromatic amines is 1. The van der Waals surface area contributed by atoms with E-state index in [2.05, 4.69) is 10.3 Å². The predicted octanol–water partition coefficient (Wildman–Crippen LogP) is 5.90. The monoisotopic (exact) mass is 617 g/mol. The van der Waals surface area contributed by atoms with E-state index in [1.807, 2.05) is 72.8 Å². The fourth-order valence-corrected chi connectivity index (χ4v) is 6.16. The van der Waals surface area contributed by atoms with Crippen molar-refractivity contribution in [2.75, 3.05) is 27.9 Å². The molecule has 46 heavy (non-hydrogen) atoms. The minimum Gasteiger partial charge on any atom is -0.507 e. The number of carbonyl (C=O) groups is 1. The standard InChI is InChI=1S/C37H35N3O6/c1-40-30-12-8-6-10-27(30)35(41)33(37(40)43)32(22-13-15-23(44-2)16-14-22)34-26(25-9-5-7-11-29(25)39-34)19-20-38-36(42)28-18-17-24(45-3)21-31(28)46-4/h5-18,21,32,39,41H,19-20H2,1-4H3,(H,38,42). The number of methoxy groups -OCH3 is 3. The summed E-state index contributed by atoms with van der Waals surface area (Å²) >= 11 is 0. The molecule has 0 aliphatic carbocycles. The molecular weight excluding hydrogens is 582 g/mol. The van der Waals surface area contributed by atoms with Crippen LogP contribution in [-0.4, -0.2) is 48.4 Å². The van der Waals surface area contributed by atoms with Gasteiger partial charge in [0.25, 0.3) is 11.5 Å². The fraction of sp³-hybridized carbons (Fsp3) is 0.189. The number of ether oxygens (including phenoxy) is 3. The summed E-state index contributed by atoms with van der Waals surface area (Å²) in [5.41, 5.74) is 4.33. The number of hydrogen-bond acceptors (Lipinski definition) is 6. The zero-order valence-electron chi connectivity index (χ0n) is 26.1. The second-order valence-electron chi connectivity index (χ2n) is 11.0. The molecule has 1 unspecified atom stereocenters. The van der Waals surface area contributed by atoms with Gasteiger partial charge in [0.15, 0.2) is 0 Å². The molecule has 0 spiro atoms. The Kier molecular flexibility index (Phi) is 8.39. The van der Waals surface area contributed by atoms with Gasteiger partial charge in [0.1, 0.15) is 23.0 Å². The first kappa shape index (κ1) is 30.3. The van der Waals surface area contributed by atoms with Crippen molar-refractivity contribution in [1.82, 2.24) is 14.9 Å². The normalized spacial score (nSPS) is 11.8. The van der Waals surface area contributed by atoms with Crippen LogP contribution in [0.4, 0.5) is 0 Å². The Bertz CT molecular complexity index is 2110. The molecule has 0 saturated heterocycles. The van der Waals surface area contributed by atoms with Crippen LogP contribution in [0, 0.1) is 0 Å². The van der Waals surface area contributed by atoms with E-state index in [0.29, 0.717) is 46.7 Å². The molecule has 2 heterocycles. The van der Waals surface area contributed by atoms with E-state index in [9.17, 15) is 14.7 Å².